The number of nitrogens with zero attached hydrogens (tertiary/aromatic N) is 1. The molecule has 25 heavy (non-hydrogen) atoms. The van der Waals surface area contributed by atoms with Gasteiger partial charge >= 0.3 is 0 Å². The van der Waals surface area contributed by atoms with E-state index in [4.69, 9.17) is 14.2 Å². The van der Waals surface area contributed by atoms with E-state index in [9.17, 15) is 9.59 Å². The van der Waals surface area contributed by atoms with E-state index in [-0.39, 0.29) is 30.3 Å². The summed E-state index contributed by atoms with van der Waals surface area (Å²) in [5.41, 5.74) is 0.655. The number of ether oxygens (including phenoxy) is 3. The number of benzene rings is 1. The molecule has 2 aliphatic rings. The van der Waals surface area contributed by atoms with Crippen LogP contribution in [-0.4, -0.2) is 51.8 Å². The summed E-state index contributed by atoms with van der Waals surface area (Å²) >= 11 is 0. The lowest BCUT2D eigenvalue weighted by atomic mass is 10.1. The number of amides is 2. The number of carbonyl (C=O) groups is 2. The lowest BCUT2D eigenvalue weighted by molar-refractivity contribution is -0.126. The molecule has 0 radical (unpaired) electrons. The van der Waals surface area contributed by atoms with Crippen molar-refractivity contribution in [1.82, 2.24) is 5.32 Å². The van der Waals surface area contributed by atoms with Crippen LogP contribution < -0.4 is 19.7 Å². The van der Waals surface area contributed by atoms with Gasteiger partial charge in [-0.05, 0) is 25.0 Å². The second-order valence-corrected chi connectivity index (χ2v) is 6.32. The molecule has 0 spiro atoms. The summed E-state index contributed by atoms with van der Waals surface area (Å²) in [5, 5.41) is 2.91. The molecule has 0 aliphatic carbocycles. The lowest BCUT2D eigenvalue weighted by Crippen LogP contribution is -2.37. The Balaban J connectivity index is 1.64. The van der Waals surface area contributed by atoms with Crippen LogP contribution in [0.4, 0.5) is 5.69 Å². The van der Waals surface area contributed by atoms with Crippen LogP contribution in [0, 0.1) is 5.92 Å². The van der Waals surface area contributed by atoms with Crippen LogP contribution in [0.5, 0.6) is 11.5 Å². The summed E-state index contributed by atoms with van der Waals surface area (Å²) in [6, 6.07) is 5.28. The first-order valence-electron chi connectivity index (χ1n) is 8.54. The monoisotopic (exact) mass is 348 g/mol. The molecule has 2 saturated heterocycles. The normalized spacial score (nSPS) is 23.0. The lowest BCUT2D eigenvalue weighted by Gasteiger charge is -2.20. The molecule has 0 aromatic heterocycles. The van der Waals surface area contributed by atoms with E-state index >= 15 is 0 Å². The first kappa shape index (κ1) is 17.5. The van der Waals surface area contributed by atoms with Crippen LogP contribution in [0.25, 0.3) is 0 Å². The highest BCUT2D eigenvalue weighted by molar-refractivity contribution is 6.01. The third kappa shape index (κ3) is 3.87. The van der Waals surface area contributed by atoms with Crippen LogP contribution in [0.15, 0.2) is 18.2 Å². The fraction of sp³-hybridized carbons (Fsp3) is 0.556. The highest BCUT2D eigenvalue weighted by atomic mass is 16.5. The fourth-order valence-corrected chi connectivity index (χ4v) is 3.29. The van der Waals surface area contributed by atoms with E-state index in [1.807, 2.05) is 0 Å². The summed E-state index contributed by atoms with van der Waals surface area (Å²) in [6.45, 7) is 1.61. The molecule has 2 fully saturated rings. The SMILES string of the molecule is COc1ccc(N2C[C@H](C(=O)NC[C@@H]3CCCO3)CC2=O)c(OC)c1. The average molecular weight is 348 g/mol. The van der Waals surface area contributed by atoms with Gasteiger partial charge in [-0.15, -0.1) is 0 Å². The Morgan fingerprint density at radius 3 is 2.88 bits per heavy atom. The van der Waals surface area contributed by atoms with E-state index in [0.29, 0.717) is 30.3 Å². The molecule has 0 unspecified atom stereocenters. The zero-order valence-corrected chi connectivity index (χ0v) is 14.6. The predicted molar refractivity (Wildman–Crippen MR) is 92.0 cm³/mol. The summed E-state index contributed by atoms with van der Waals surface area (Å²) < 4.78 is 16.1. The van der Waals surface area contributed by atoms with Crippen molar-refractivity contribution in [2.24, 2.45) is 5.92 Å². The number of rotatable bonds is 6. The Kier molecular flexibility index (Phi) is 5.43. The third-order valence-electron chi connectivity index (χ3n) is 4.70. The summed E-state index contributed by atoms with van der Waals surface area (Å²) in [6.07, 6.45) is 2.30. The van der Waals surface area contributed by atoms with Crippen LogP contribution >= 0.6 is 0 Å². The Morgan fingerprint density at radius 1 is 1.36 bits per heavy atom. The third-order valence-corrected chi connectivity index (χ3v) is 4.70. The predicted octanol–water partition coefficient (Wildman–Crippen LogP) is 1.35. The first-order chi connectivity index (χ1) is 12.1. The van der Waals surface area contributed by atoms with Crippen molar-refractivity contribution in [3.05, 3.63) is 18.2 Å². The average Bonchev–Trinajstić information content (AvgIpc) is 3.28. The highest BCUT2D eigenvalue weighted by Gasteiger charge is 2.36. The van der Waals surface area contributed by atoms with Gasteiger partial charge in [0, 0.05) is 32.2 Å². The Bertz CT molecular complexity index is 642. The minimum atomic E-state index is -0.360. The molecular weight excluding hydrogens is 324 g/mol. The quantitative estimate of drug-likeness (QED) is 0.840. The van der Waals surface area contributed by atoms with Gasteiger partial charge in [-0.1, -0.05) is 0 Å². The zero-order chi connectivity index (χ0) is 17.8. The molecule has 2 amide bonds. The molecule has 2 aliphatic heterocycles. The number of hydrogen-bond acceptors (Lipinski definition) is 5. The van der Waals surface area contributed by atoms with Crippen LogP contribution in [0.3, 0.4) is 0 Å². The summed E-state index contributed by atoms with van der Waals surface area (Å²) in [4.78, 5) is 26.4. The van der Waals surface area contributed by atoms with Gasteiger partial charge in [0.2, 0.25) is 11.8 Å². The van der Waals surface area contributed by atoms with Crippen molar-refractivity contribution in [3.63, 3.8) is 0 Å². The molecule has 7 nitrogen and oxygen atoms in total. The van der Waals surface area contributed by atoms with Gasteiger partial charge in [0.15, 0.2) is 0 Å². The van der Waals surface area contributed by atoms with E-state index in [0.717, 1.165) is 19.4 Å². The van der Waals surface area contributed by atoms with Gasteiger partial charge in [-0.3, -0.25) is 9.59 Å². The molecule has 3 rings (SSSR count). The summed E-state index contributed by atoms with van der Waals surface area (Å²) in [7, 11) is 3.12. The smallest absolute Gasteiger partial charge is 0.227 e. The van der Waals surface area contributed by atoms with Gasteiger partial charge in [0.25, 0.3) is 0 Å². The number of nitrogens with one attached hydrogen (secondary N) is 1. The molecule has 2 atom stereocenters. The zero-order valence-electron chi connectivity index (χ0n) is 14.6. The molecule has 0 bridgehead atoms. The van der Waals surface area contributed by atoms with Crippen molar-refractivity contribution < 1.29 is 23.8 Å². The Morgan fingerprint density at radius 2 is 2.20 bits per heavy atom. The van der Waals surface area contributed by atoms with Crippen LogP contribution in [0.1, 0.15) is 19.3 Å². The molecule has 7 heteroatoms. The van der Waals surface area contributed by atoms with Gasteiger partial charge < -0.3 is 24.4 Å². The molecule has 136 valence electrons. The number of methoxy groups -OCH3 is 2. The minimum absolute atomic E-state index is 0.0827. The van der Waals surface area contributed by atoms with E-state index < -0.39 is 0 Å². The maximum atomic E-state index is 12.4. The number of anilines is 1. The summed E-state index contributed by atoms with van der Waals surface area (Å²) in [5.74, 6) is 0.659. The van der Waals surface area contributed by atoms with E-state index in [2.05, 4.69) is 5.32 Å². The van der Waals surface area contributed by atoms with Gasteiger partial charge in [-0.25, -0.2) is 0 Å². The van der Waals surface area contributed by atoms with Crippen molar-refractivity contribution >= 4 is 17.5 Å². The molecule has 1 aromatic carbocycles. The molecule has 1 aromatic rings. The second kappa shape index (κ2) is 7.74. The van der Waals surface area contributed by atoms with Crippen LogP contribution in [-0.2, 0) is 14.3 Å². The van der Waals surface area contributed by atoms with Gasteiger partial charge in [-0.2, -0.15) is 0 Å². The van der Waals surface area contributed by atoms with E-state index in [1.165, 1.54) is 0 Å². The molecule has 2 heterocycles. The molecule has 1 N–H and O–H groups in total. The Hall–Kier alpha value is -2.28. The van der Waals surface area contributed by atoms with Crippen molar-refractivity contribution in [1.29, 1.82) is 0 Å². The van der Waals surface area contributed by atoms with Gasteiger partial charge in [0.1, 0.15) is 11.5 Å². The maximum absolute atomic E-state index is 12.4. The van der Waals surface area contributed by atoms with Crippen molar-refractivity contribution in [2.45, 2.75) is 25.4 Å². The maximum Gasteiger partial charge on any atom is 0.227 e. The Labute approximate surface area is 147 Å². The van der Waals surface area contributed by atoms with Crippen molar-refractivity contribution in [2.75, 3.05) is 38.8 Å². The number of carbonyl (C=O) groups excluding carboxylic acids is 2. The van der Waals surface area contributed by atoms with Gasteiger partial charge in [0.05, 0.1) is 31.9 Å². The standard InChI is InChI=1S/C18H24N2O5/c1-23-13-5-6-15(16(9-13)24-2)20-11-12(8-17(20)21)18(22)19-10-14-4-3-7-25-14/h5-6,9,12,14H,3-4,7-8,10-11H2,1-2H3,(H,19,22)/t12-,14+/m1/s1. The molecule has 0 saturated carbocycles. The largest absolute Gasteiger partial charge is 0.497 e. The second-order valence-electron chi connectivity index (χ2n) is 6.32. The number of hydrogen-bond donors (Lipinski definition) is 1. The van der Waals surface area contributed by atoms with Crippen LogP contribution in [0.2, 0.25) is 0 Å². The first-order valence-corrected chi connectivity index (χ1v) is 8.54. The fourth-order valence-electron chi connectivity index (χ4n) is 3.29. The highest BCUT2D eigenvalue weighted by Crippen LogP contribution is 2.35. The molecular formula is C18H24N2O5. The van der Waals surface area contributed by atoms with E-state index in [1.54, 1.807) is 37.3 Å². The topological polar surface area (TPSA) is 77.1 Å². The van der Waals surface area contributed by atoms with Crippen molar-refractivity contribution in [3.8, 4) is 11.5 Å². The minimum Gasteiger partial charge on any atom is -0.497 e.